The molecule has 0 bridgehead atoms. The van der Waals surface area contributed by atoms with Crippen LogP contribution in [0.3, 0.4) is 0 Å². The number of hydrogen-bond acceptors (Lipinski definition) is 6. The predicted molar refractivity (Wildman–Crippen MR) is 144 cm³/mol. The average molecular weight is 539 g/mol. The van der Waals surface area contributed by atoms with Gasteiger partial charge in [-0.05, 0) is 43.3 Å². The van der Waals surface area contributed by atoms with Crippen molar-refractivity contribution in [3.05, 3.63) is 134 Å². The van der Waals surface area contributed by atoms with Gasteiger partial charge in [0.05, 0.1) is 27.6 Å². The second kappa shape index (κ2) is 11.3. The highest BCUT2D eigenvalue weighted by atomic mass is 32.2. The highest BCUT2D eigenvalue weighted by Gasteiger charge is 2.23. The minimum Gasteiger partial charge on any atom is -0.281 e. The maximum Gasteiger partial charge on any atom is 0.276 e. The number of rotatable bonds is 5. The standard InChI is InChI=1S/C18H15N3O3S.C10H7N3O/c1-13-7-9-15(10-8-13)25(23,24)12-16-17(11-19)20-21(18(16)22)14-5-3-2-4-6-14;11-7-8-6-10(14)13(12-8)9-4-2-1-3-5-9/h2-10,20H,12H2,1H3;1-6,12H. The Labute approximate surface area is 223 Å². The van der Waals surface area contributed by atoms with Gasteiger partial charge in [0.25, 0.3) is 11.1 Å². The van der Waals surface area contributed by atoms with Crippen molar-refractivity contribution in [3.63, 3.8) is 0 Å². The third kappa shape index (κ3) is 5.96. The third-order valence-corrected chi connectivity index (χ3v) is 7.34. The zero-order valence-electron chi connectivity index (χ0n) is 20.7. The second-order valence-electron chi connectivity index (χ2n) is 8.42. The van der Waals surface area contributed by atoms with E-state index in [1.165, 1.54) is 27.6 Å². The second-order valence-corrected chi connectivity index (χ2v) is 10.4. The van der Waals surface area contributed by atoms with Gasteiger partial charge in [0, 0.05) is 6.07 Å². The van der Waals surface area contributed by atoms with Crippen LogP contribution in [0, 0.1) is 29.6 Å². The molecule has 0 saturated heterocycles. The van der Waals surface area contributed by atoms with Crippen molar-refractivity contribution >= 4 is 9.84 Å². The average Bonchev–Trinajstić information content (AvgIpc) is 3.49. The van der Waals surface area contributed by atoms with Crippen LogP contribution in [0.15, 0.2) is 105 Å². The van der Waals surface area contributed by atoms with Crippen molar-refractivity contribution in [1.29, 1.82) is 10.5 Å². The Bertz CT molecular complexity index is 1900. The highest BCUT2D eigenvalue weighted by Crippen LogP contribution is 2.18. The van der Waals surface area contributed by atoms with E-state index in [0.717, 1.165) is 11.3 Å². The molecule has 10 nitrogen and oxygen atoms in total. The SMILES string of the molecule is Cc1ccc(S(=O)(=O)Cc2c(C#N)[nH]n(-c3ccccc3)c2=O)cc1.N#Cc1cc(=O)n(-c2ccccc2)[nH]1. The van der Waals surface area contributed by atoms with Gasteiger partial charge in [-0.15, -0.1) is 0 Å². The van der Waals surface area contributed by atoms with Crippen molar-refractivity contribution < 1.29 is 8.42 Å². The molecule has 5 aromatic rings. The fourth-order valence-corrected chi connectivity index (χ4v) is 5.06. The van der Waals surface area contributed by atoms with Crippen molar-refractivity contribution in [1.82, 2.24) is 19.6 Å². The van der Waals surface area contributed by atoms with Gasteiger partial charge in [0.1, 0.15) is 23.5 Å². The van der Waals surface area contributed by atoms with Crippen LogP contribution >= 0.6 is 0 Å². The third-order valence-electron chi connectivity index (χ3n) is 5.68. The Morgan fingerprint density at radius 2 is 1.33 bits per heavy atom. The number of aromatic amines is 2. The number of nitrogens with one attached hydrogen (secondary N) is 2. The van der Waals surface area contributed by atoms with E-state index in [0.29, 0.717) is 5.69 Å². The number of hydrogen-bond donors (Lipinski definition) is 2. The van der Waals surface area contributed by atoms with Crippen molar-refractivity contribution in [2.75, 3.05) is 0 Å². The van der Waals surface area contributed by atoms with E-state index in [-0.39, 0.29) is 27.4 Å². The summed E-state index contributed by atoms with van der Waals surface area (Å²) in [4.78, 5) is 24.1. The fraction of sp³-hybridized carbons (Fsp3) is 0.0714. The van der Waals surface area contributed by atoms with Gasteiger partial charge >= 0.3 is 0 Å². The lowest BCUT2D eigenvalue weighted by Gasteiger charge is -2.03. The number of nitriles is 2. The van der Waals surface area contributed by atoms with Gasteiger partial charge in [-0.3, -0.25) is 19.8 Å². The lowest BCUT2D eigenvalue weighted by molar-refractivity contribution is 0.595. The highest BCUT2D eigenvalue weighted by molar-refractivity contribution is 7.90. The summed E-state index contributed by atoms with van der Waals surface area (Å²) in [6.07, 6.45) is 0. The molecule has 0 aliphatic rings. The van der Waals surface area contributed by atoms with E-state index >= 15 is 0 Å². The first-order valence-electron chi connectivity index (χ1n) is 11.6. The number of H-pyrrole nitrogens is 2. The molecule has 0 aliphatic heterocycles. The molecule has 0 amide bonds. The number of benzene rings is 3. The molecule has 0 saturated carbocycles. The first-order chi connectivity index (χ1) is 18.7. The molecule has 0 atom stereocenters. The molecule has 0 spiro atoms. The largest absolute Gasteiger partial charge is 0.281 e. The first-order valence-corrected chi connectivity index (χ1v) is 13.2. The molecule has 2 N–H and O–H groups in total. The number of para-hydroxylation sites is 2. The Balaban J connectivity index is 0.000000212. The van der Waals surface area contributed by atoms with E-state index in [4.69, 9.17) is 5.26 Å². The van der Waals surface area contributed by atoms with Crippen molar-refractivity contribution in [2.45, 2.75) is 17.6 Å². The molecule has 3 aromatic carbocycles. The number of sulfone groups is 1. The predicted octanol–water partition coefficient (Wildman–Crippen LogP) is 3.36. The smallest absolute Gasteiger partial charge is 0.276 e. The normalized spacial score (nSPS) is 10.6. The Hall–Kier alpha value is -5.39. The van der Waals surface area contributed by atoms with Crippen LogP contribution in [-0.4, -0.2) is 28.0 Å². The van der Waals surface area contributed by atoms with Gasteiger partial charge in [0.15, 0.2) is 9.84 Å². The lowest BCUT2D eigenvalue weighted by atomic mass is 10.2. The summed E-state index contributed by atoms with van der Waals surface area (Å²) in [5.41, 5.74) is 1.56. The van der Waals surface area contributed by atoms with E-state index in [1.807, 2.05) is 37.3 Å². The Kier molecular flexibility index (Phi) is 7.75. The van der Waals surface area contributed by atoms with E-state index < -0.39 is 21.1 Å². The Morgan fingerprint density at radius 3 is 1.85 bits per heavy atom. The van der Waals surface area contributed by atoms with Crippen LogP contribution < -0.4 is 11.1 Å². The molecule has 39 heavy (non-hydrogen) atoms. The van der Waals surface area contributed by atoms with Gasteiger partial charge < -0.3 is 0 Å². The monoisotopic (exact) mass is 538 g/mol. The van der Waals surface area contributed by atoms with Crippen LogP contribution in [0.2, 0.25) is 0 Å². The van der Waals surface area contributed by atoms with Gasteiger partial charge in [-0.25, -0.2) is 17.8 Å². The molecule has 11 heteroatoms. The number of nitrogens with zero attached hydrogens (tertiary/aromatic N) is 4. The summed E-state index contributed by atoms with van der Waals surface area (Å²) < 4.78 is 27.7. The summed E-state index contributed by atoms with van der Waals surface area (Å²) in [5, 5.41) is 23.2. The summed E-state index contributed by atoms with van der Waals surface area (Å²) in [7, 11) is -3.74. The zero-order valence-corrected chi connectivity index (χ0v) is 21.5. The van der Waals surface area contributed by atoms with Gasteiger partial charge in [-0.2, -0.15) is 10.5 Å². The van der Waals surface area contributed by atoms with Crippen LogP contribution in [0.1, 0.15) is 22.5 Å². The maximum atomic E-state index is 12.6. The molecule has 0 fully saturated rings. The number of aryl methyl sites for hydroxylation is 1. The summed E-state index contributed by atoms with van der Waals surface area (Å²) in [6.45, 7) is 1.86. The fourth-order valence-electron chi connectivity index (χ4n) is 3.70. The summed E-state index contributed by atoms with van der Waals surface area (Å²) in [6, 6.07) is 29.2. The van der Waals surface area contributed by atoms with Crippen LogP contribution in [0.5, 0.6) is 0 Å². The van der Waals surface area contributed by atoms with Crippen LogP contribution in [0.25, 0.3) is 11.4 Å². The van der Waals surface area contributed by atoms with Gasteiger partial charge in [0.2, 0.25) is 0 Å². The number of aromatic nitrogens is 4. The molecular weight excluding hydrogens is 516 g/mol. The molecule has 5 rings (SSSR count). The zero-order chi connectivity index (χ0) is 28.0. The van der Waals surface area contributed by atoms with E-state index in [1.54, 1.807) is 54.6 Å². The maximum absolute atomic E-state index is 12.6. The molecular formula is C28H22N6O4S. The molecule has 0 unspecified atom stereocenters. The summed E-state index contributed by atoms with van der Waals surface area (Å²) in [5.74, 6) is -0.534. The molecule has 0 aliphatic carbocycles. The van der Waals surface area contributed by atoms with Crippen LogP contribution in [-0.2, 0) is 15.6 Å². The molecule has 2 aromatic heterocycles. The molecule has 0 radical (unpaired) electrons. The van der Waals surface area contributed by atoms with Gasteiger partial charge in [-0.1, -0.05) is 54.1 Å². The quantitative estimate of drug-likeness (QED) is 0.349. The minimum absolute atomic E-state index is 0.0514. The molecule has 194 valence electrons. The Morgan fingerprint density at radius 1 is 0.769 bits per heavy atom. The molecule has 2 heterocycles. The first kappa shape index (κ1) is 26.7. The topological polar surface area (TPSA) is 157 Å². The van der Waals surface area contributed by atoms with E-state index in [9.17, 15) is 23.3 Å². The summed E-state index contributed by atoms with van der Waals surface area (Å²) >= 11 is 0. The lowest BCUT2D eigenvalue weighted by Crippen LogP contribution is -2.19. The van der Waals surface area contributed by atoms with E-state index in [2.05, 4.69) is 10.2 Å². The van der Waals surface area contributed by atoms with Crippen LogP contribution in [0.4, 0.5) is 0 Å². The van der Waals surface area contributed by atoms with Crippen molar-refractivity contribution in [2.24, 2.45) is 0 Å². The minimum atomic E-state index is -3.74. The van der Waals surface area contributed by atoms with Crippen molar-refractivity contribution in [3.8, 4) is 23.5 Å².